The highest BCUT2D eigenvalue weighted by Crippen LogP contribution is 2.24. The minimum Gasteiger partial charge on any atom is -0.507 e. The van der Waals surface area contributed by atoms with Crippen LogP contribution in [0.5, 0.6) is 5.75 Å². The summed E-state index contributed by atoms with van der Waals surface area (Å²) >= 11 is 0. The second kappa shape index (κ2) is 8.43. The van der Waals surface area contributed by atoms with Crippen molar-refractivity contribution in [2.75, 3.05) is 6.54 Å². The fourth-order valence-electron chi connectivity index (χ4n) is 2.79. The predicted octanol–water partition coefficient (Wildman–Crippen LogP) is 2.35. The second-order valence-electron chi connectivity index (χ2n) is 6.70. The van der Waals surface area contributed by atoms with Gasteiger partial charge in [0.25, 0.3) is 17.7 Å². The number of hydrogen-bond acceptors (Lipinski definition) is 4. The van der Waals surface area contributed by atoms with Crippen LogP contribution in [-0.2, 0) is 4.79 Å². The molecule has 0 unspecified atom stereocenters. The molecule has 7 nitrogen and oxygen atoms in total. The first-order valence-electron chi connectivity index (χ1n) is 9.01. The standard InChI is InChI=1S/C22H21N3O4/c1-13-7-8-17(9-14(13)2)21(28)23-12-20(27)24-25-22(29)18-10-15-5-3-4-6-16(15)11-19(18)26/h3-11,26H,12H2,1-2H3,(H,23,28)(H,24,27)(H,25,29). The molecule has 0 aliphatic rings. The molecule has 0 atom stereocenters. The molecular weight excluding hydrogens is 370 g/mol. The van der Waals surface area contributed by atoms with Crippen LogP contribution in [0.25, 0.3) is 10.8 Å². The van der Waals surface area contributed by atoms with E-state index in [9.17, 15) is 19.5 Å². The van der Waals surface area contributed by atoms with E-state index in [1.54, 1.807) is 12.1 Å². The molecule has 0 aliphatic carbocycles. The van der Waals surface area contributed by atoms with Crippen LogP contribution in [0.2, 0.25) is 0 Å². The highest BCUT2D eigenvalue weighted by Gasteiger charge is 2.14. The molecule has 0 bridgehead atoms. The number of aromatic hydroxyl groups is 1. The van der Waals surface area contributed by atoms with Crippen LogP contribution >= 0.6 is 0 Å². The van der Waals surface area contributed by atoms with Crippen LogP contribution in [0.4, 0.5) is 0 Å². The molecule has 148 valence electrons. The van der Waals surface area contributed by atoms with Crippen molar-refractivity contribution >= 4 is 28.5 Å². The van der Waals surface area contributed by atoms with Gasteiger partial charge in [0, 0.05) is 5.56 Å². The number of nitrogens with one attached hydrogen (secondary N) is 3. The maximum Gasteiger partial charge on any atom is 0.273 e. The van der Waals surface area contributed by atoms with Gasteiger partial charge in [0.15, 0.2) is 0 Å². The van der Waals surface area contributed by atoms with E-state index >= 15 is 0 Å². The monoisotopic (exact) mass is 391 g/mol. The molecule has 3 aromatic rings. The Labute approximate surface area is 167 Å². The number of fused-ring (bicyclic) bond motifs is 1. The van der Waals surface area contributed by atoms with Crippen LogP contribution in [0.15, 0.2) is 54.6 Å². The summed E-state index contributed by atoms with van der Waals surface area (Å²) in [5.41, 5.74) is 6.98. The Kier molecular flexibility index (Phi) is 5.78. The first kappa shape index (κ1) is 19.9. The van der Waals surface area contributed by atoms with E-state index in [1.165, 1.54) is 12.1 Å². The zero-order chi connectivity index (χ0) is 21.0. The van der Waals surface area contributed by atoms with E-state index in [1.807, 2.05) is 44.2 Å². The fourth-order valence-corrected chi connectivity index (χ4v) is 2.79. The molecule has 29 heavy (non-hydrogen) atoms. The lowest BCUT2D eigenvalue weighted by atomic mass is 10.1. The van der Waals surface area contributed by atoms with Gasteiger partial charge in [0.2, 0.25) is 0 Å². The van der Waals surface area contributed by atoms with E-state index in [0.717, 1.165) is 21.9 Å². The van der Waals surface area contributed by atoms with Crippen molar-refractivity contribution in [1.29, 1.82) is 0 Å². The highest BCUT2D eigenvalue weighted by atomic mass is 16.3. The number of hydrogen-bond donors (Lipinski definition) is 4. The summed E-state index contributed by atoms with van der Waals surface area (Å²) < 4.78 is 0. The summed E-state index contributed by atoms with van der Waals surface area (Å²) in [6.45, 7) is 3.53. The molecule has 0 fully saturated rings. The first-order valence-corrected chi connectivity index (χ1v) is 9.01. The lowest BCUT2D eigenvalue weighted by Gasteiger charge is -2.10. The molecule has 4 N–H and O–H groups in total. The number of benzene rings is 3. The normalized spacial score (nSPS) is 10.4. The number of phenolic OH excluding ortho intramolecular Hbond substituents is 1. The quantitative estimate of drug-likeness (QED) is 0.512. The number of hydrazine groups is 1. The zero-order valence-electron chi connectivity index (χ0n) is 16.1. The van der Waals surface area contributed by atoms with Gasteiger partial charge in [-0.2, -0.15) is 0 Å². The summed E-state index contributed by atoms with van der Waals surface area (Å²) in [7, 11) is 0. The summed E-state index contributed by atoms with van der Waals surface area (Å²) in [5, 5.41) is 14.1. The summed E-state index contributed by atoms with van der Waals surface area (Å²) in [5.74, 6) is -1.85. The Morgan fingerprint density at radius 1 is 0.828 bits per heavy atom. The third kappa shape index (κ3) is 4.70. The van der Waals surface area contributed by atoms with Crippen molar-refractivity contribution in [1.82, 2.24) is 16.2 Å². The van der Waals surface area contributed by atoms with Crippen molar-refractivity contribution in [3.63, 3.8) is 0 Å². The van der Waals surface area contributed by atoms with E-state index in [0.29, 0.717) is 5.56 Å². The van der Waals surface area contributed by atoms with Crippen molar-refractivity contribution in [3.05, 3.63) is 76.9 Å². The smallest absolute Gasteiger partial charge is 0.273 e. The Morgan fingerprint density at radius 3 is 2.21 bits per heavy atom. The minimum atomic E-state index is -0.665. The van der Waals surface area contributed by atoms with Gasteiger partial charge in [-0.05, 0) is 60.0 Å². The predicted molar refractivity (Wildman–Crippen MR) is 109 cm³/mol. The molecule has 3 amide bonds. The Balaban J connectivity index is 1.55. The van der Waals surface area contributed by atoms with Crippen molar-refractivity contribution in [2.45, 2.75) is 13.8 Å². The fraction of sp³-hybridized carbons (Fsp3) is 0.136. The lowest BCUT2D eigenvalue weighted by molar-refractivity contribution is -0.120. The SMILES string of the molecule is Cc1ccc(C(=O)NCC(=O)NNC(=O)c2cc3ccccc3cc2O)cc1C. The number of phenols is 1. The van der Waals surface area contributed by atoms with Gasteiger partial charge in [-0.25, -0.2) is 0 Å². The maximum atomic E-state index is 12.3. The van der Waals surface area contributed by atoms with Gasteiger partial charge in [-0.1, -0.05) is 30.3 Å². The van der Waals surface area contributed by atoms with E-state index < -0.39 is 11.8 Å². The third-order valence-electron chi connectivity index (χ3n) is 4.60. The number of carbonyl (C=O) groups excluding carboxylic acids is 3. The molecule has 0 aromatic heterocycles. The van der Waals surface area contributed by atoms with Gasteiger partial charge in [-0.3, -0.25) is 25.2 Å². The molecule has 3 rings (SSSR count). The van der Waals surface area contributed by atoms with Crippen molar-refractivity contribution in [2.24, 2.45) is 0 Å². The van der Waals surface area contributed by atoms with Crippen LogP contribution in [-0.4, -0.2) is 29.4 Å². The highest BCUT2D eigenvalue weighted by molar-refractivity contribution is 6.02. The Morgan fingerprint density at radius 2 is 1.52 bits per heavy atom. The van der Waals surface area contributed by atoms with E-state index in [-0.39, 0.29) is 23.8 Å². The molecule has 0 radical (unpaired) electrons. The number of aryl methyl sites for hydroxylation is 2. The molecule has 0 heterocycles. The van der Waals surface area contributed by atoms with Crippen LogP contribution in [0, 0.1) is 13.8 Å². The van der Waals surface area contributed by atoms with Crippen molar-refractivity contribution < 1.29 is 19.5 Å². The van der Waals surface area contributed by atoms with Crippen LogP contribution in [0.1, 0.15) is 31.8 Å². The Bertz CT molecular complexity index is 1110. The molecule has 0 saturated carbocycles. The molecule has 3 aromatic carbocycles. The largest absolute Gasteiger partial charge is 0.507 e. The lowest BCUT2D eigenvalue weighted by Crippen LogP contribution is -2.46. The average Bonchev–Trinajstić information content (AvgIpc) is 2.71. The van der Waals surface area contributed by atoms with Gasteiger partial charge >= 0.3 is 0 Å². The van der Waals surface area contributed by atoms with Crippen molar-refractivity contribution in [3.8, 4) is 5.75 Å². The maximum absolute atomic E-state index is 12.3. The summed E-state index contributed by atoms with van der Waals surface area (Å²) in [6.07, 6.45) is 0. The van der Waals surface area contributed by atoms with Gasteiger partial charge in [-0.15, -0.1) is 0 Å². The van der Waals surface area contributed by atoms with E-state index in [4.69, 9.17) is 0 Å². The summed E-state index contributed by atoms with van der Waals surface area (Å²) in [4.78, 5) is 36.3. The summed E-state index contributed by atoms with van der Waals surface area (Å²) in [6, 6.07) is 15.6. The Hall–Kier alpha value is -3.87. The third-order valence-corrected chi connectivity index (χ3v) is 4.60. The van der Waals surface area contributed by atoms with Crippen LogP contribution in [0.3, 0.4) is 0 Å². The number of carbonyl (C=O) groups is 3. The molecule has 0 spiro atoms. The molecule has 7 heteroatoms. The molecular formula is C22H21N3O4. The number of rotatable bonds is 4. The second-order valence-corrected chi connectivity index (χ2v) is 6.70. The van der Waals surface area contributed by atoms with Gasteiger partial charge in [0.1, 0.15) is 5.75 Å². The van der Waals surface area contributed by atoms with Gasteiger partial charge < -0.3 is 10.4 Å². The van der Waals surface area contributed by atoms with E-state index in [2.05, 4.69) is 16.2 Å². The average molecular weight is 391 g/mol. The number of amides is 3. The first-order chi connectivity index (χ1) is 13.8. The van der Waals surface area contributed by atoms with Gasteiger partial charge in [0.05, 0.1) is 12.1 Å². The van der Waals surface area contributed by atoms with Crippen LogP contribution < -0.4 is 16.2 Å². The topological polar surface area (TPSA) is 108 Å². The molecule has 0 aliphatic heterocycles. The zero-order valence-corrected chi connectivity index (χ0v) is 16.1. The minimum absolute atomic E-state index is 0.0307. The molecule has 0 saturated heterocycles.